The smallest absolute Gasteiger partial charge is 0.348 e. The van der Waals surface area contributed by atoms with Gasteiger partial charge in [-0.3, -0.25) is 4.90 Å². The largest absolute Gasteiger partial charge is 0.461 e. The van der Waals surface area contributed by atoms with Gasteiger partial charge in [-0.25, -0.2) is 9.59 Å². The second-order valence-electron chi connectivity index (χ2n) is 5.03. The maximum atomic E-state index is 12.1. The van der Waals surface area contributed by atoms with Gasteiger partial charge in [-0.15, -0.1) is 0 Å². The van der Waals surface area contributed by atoms with Gasteiger partial charge in [0.05, 0.1) is 13.2 Å². The summed E-state index contributed by atoms with van der Waals surface area (Å²) in [6.07, 6.45) is 0. The first kappa shape index (κ1) is 12.6. The van der Waals surface area contributed by atoms with Crippen molar-refractivity contribution in [3.63, 3.8) is 0 Å². The number of benzene rings is 1. The highest BCUT2D eigenvalue weighted by atomic mass is 16.6. The number of hydrogen-bond acceptors (Lipinski definition) is 7. The Labute approximate surface area is 119 Å². The molecule has 0 spiro atoms. The third-order valence-electron chi connectivity index (χ3n) is 3.78. The van der Waals surface area contributed by atoms with Crippen molar-refractivity contribution in [2.75, 3.05) is 39.5 Å². The Morgan fingerprint density at radius 2 is 2.14 bits per heavy atom. The Morgan fingerprint density at radius 1 is 1.33 bits per heavy atom. The third-order valence-corrected chi connectivity index (χ3v) is 3.78. The highest BCUT2D eigenvalue weighted by Gasteiger charge is 2.38. The second-order valence-corrected chi connectivity index (χ2v) is 5.03. The monoisotopic (exact) mass is 291 g/mol. The highest BCUT2D eigenvalue weighted by Crippen LogP contribution is 2.42. The van der Waals surface area contributed by atoms with E-state index in [-0.39, 0.29) is 17.7 Å². The van der Waals surface area contributed by atoms with Crippen molar-refractivity contribution < 1.29 is 28.2 Å². The zero-order valence-electron chi connectivity index (χ0n) is 11.2. The average Bonchev–Trinajstić information content (AvgIpc) is 3.09. The van der Waals surface area contributed by atoms with Crippen LogP contribution in [0.1, 0.15) is 20.7 Å². The minimum Gasteiger partial charge on any atom is -0.461 e. The zero-order chi connectivity index (χ0) is 14.4. The number of carbonyl (C=O) groups excluding carboxylic acids is 2. The van der Waals surface area contributed by atoms with Gasteiger partial charge in [0.1, 0.15) is 23.3 Å². The molecule has 2 aliphatic rings. The van der Waals surface area contributed by atoms with Crippen LogP contribution >= 0.6 is 0 Å². The van der Waals surface area contributed by atoms with E-state index in [2.05, 4.69) is 4.90 Å². The van der Waals surface area contributed by atoms with Crippen LogP contribution in [-0.2, 0) is 9.47 Å². The summed E-state index contributed by atoms with van der Waals surface area (Å²) in [7, 11) is 0. The predicted octanol–water partition coefficient (Wildman–Crippen LogP) is 0.892. The lowest BCUT2D eigenvalue weighted by Gasteiger charge is -2.26. The molecule has 7 nitrogen and oxygen atoms in total. The minimum atomic E-state index is -0.552. The Morgan fingerprint density at radius 3 is 2.95 bits per heavy atom. The third kappa shape index (κ3) is 1.97. The van der Waals surface area contributed by atoms with E-state index in [0.717, 1.165) is 13.1 Å². The van der Waals surface area contributed by atoms with Crippen LogP contribution in [0.5, 0.6) is 5.75 Å². The van der Waals surface area contributed by atoms with E-state index in [0.29, 0.717) is 36.7 Å². The molecule has 2 bridgehead atoms. The average molecular weight is 291 g/mol. The highest BCUT2D eigenvalue weighted by molar-refractivity contribution is 6.18. The van der Waals surface area contributed by atoms with Crippen LogP contribution < -0.4 is 4.74 Å². The van der Waals surface area contributed by atoms with Gasteiger partial charge in [0.2, 0.25) is 0 Å². The van der Waals surface area contributed by atoms with E-state index >= 15 is 0 Å². The fourth-order valence-corrected chi connectivity index (χ4v) is 2.70. The SMILES string of the molecule is O=C(OCCN1CCOCC1)c1c2c3oc1cc3OC2=O. The normalized spacial score (nSPS) is 18.4. The van der Waals surface area contributed by atoms with Gasteiger partial charge in [0.15, 0.2) is 11.3 Å². The maximum absolute atomic E-state index is 12.1. The van der Waals surface area contributed by atoms with Gasteiger partial charge < -0.3 is 18.6 Å². The summed E-state index contributed by atoms with van der Waals surface area (Å²) in [6.45, 7) is 3.99. The van der Waals surface area contributed by atoms with E-state index in [4.69, 9.17) is 18.6 Å². The van der Waals surface area contributed by atoms with E-state index in [9.17, 15) is 9.59 Å². The lowest BCUT2D eigenvalue weighted by atomic mass is 10.1. The van der Waals surface area contributed by atoms with Crippen LogP contribution in [0.2, 0.25) is 0 Å². The van der Waals surface area contributed by atoms with Crippen LogP contribution in [0.25, 0.3) is 11.2 Å². The molecule has 1 fully saturated rings. The molecule has 4 heterocycles. The molecule has 0 amide bonds. The Bertz CT molecular complexity index is 699. The fourth-order valence-electron chi connectivity index (χ4n) is 2.70. The fraction of sp³-hybridized carbons (Fsp3) is 0.429. The maximum Gasteiger partial charge on any atom is 0.348 e. The first-order valence-electron chi connectivity index (χ1n) is 6.82. The van der Waals surface area contributed by atoms with Crippen LogP contribution in [-0.4, -0.2) is 56.3 Å². The Kier molecular flexibility index (Phi) is 2.83. The second kappa shape index (κ2) is 4.71. The summed E-state index contributed by atoms with van der Waals surface area (Å²) in [4.78, 5) is 26.0. The summed E-state index contributed by atoms with van der Waals surface area (Å²) in [5.41, 5.74) is 1.06. The molecule has 1 saturated heterocycles. The van der Waals surface area contributed by atoms with Crippen LogP contribution in [0, 0.1) is 0 Å². The summed E-state index contributed by atoms with van der Waals surface area (Å²) >= 11 is 0. The quantitative estimate of drug-likeness (QED) is 0.774. The number of fused-ring (bicyclic) bond motifs is 1. The lowest BCUT2D eigenvalue weighted by Crippen LogP contribution is -2.38. The molecule has 0 N–H and O–H groups in total. The number of esters is 2. The molecule has 2 aromatic rings. The molecule has 110 valence electrons. The molecule has 0 atom stereocenters. The standard InChI is InChI=1S/C14H13NO6/c16-13(19-6-3-15-1-4-18-5-2-15)10-8-7-9-12(20-8)11(10)14(17)21-9/h7H,1-6H2. The number of hydrogen-bond donors (Lipinski definition) is 0. The number of nitrogens with zero attached hydrogens (tertiary/aromatic N) is 1. The van der Waals surface area contributed by atoms with Crippen LogP contribution in [0.15, 0.2) is 10.5 Å². The minimum absolute atomic E-state index is 0.179. The van der Waals surface area contributed by atoms with Gasteiger partial charge in [0, 0.05) is 25.7 Å². The van der Waals surface area contributed by atoms with Gasteiger partial charge in [-0.1, -0.05) is 0 Å². The lowest BCUT2D eigenvalue weighted by molar-refractivity contribution is 0.0195. The van der Waals surface area contributed by atoms with E-state index < -0.39 is 11.9 Å². The Hall–Kier alpha value is -2.12. The zero-order valence-corrected chi connectivity index (χ0v) is 11.2. The summed E-state index contributed by atoms with van der Waals surface area (Å²) in [5.74, 6) is -0.712. The molecular weight excluding hydrogens is 278 g/mol. The van der Waals surface area contributed by atoms with Gasteiger partial charge in [-0.05, 0) is 0 Å². The molecule has 0 unspecified atom stereocenters. The molecule has 4 rings (SSSR count). The molecule has 2 aliphatic heterocycles. The van der Waals surface area contributed by atoms with Crippen LogP contribution in [0.3, 0.4) is 0 Å². The number of ether oxygens (including phenoxy) is 3. The molecular formula is C14H13NO6. The number of furan rings is 2. The molecule has 0 radical (unpaired) electrons. The summed E-state index contributed by atoms with van der Waals surface area (Å²) in [5, 5.41) is 0. The first-order chi connectivity index (χ1) is 10.2. The molecule has 2 aromatic heterocycles. The molecule has 21 heavy (non-hydrogen) atoms. The van der Waals surface area contributed by atoms with E-state index in [1.807, 2.05) is 0 Å². The van der Waals surface area contributed by atoms with Gasteiger partial charge in [-0.2, -0.15) is 0 Å². The Balaban J connectivity index is 1.42. The van der Waals surface area contributed by atoms with Crippen molar-refractivity contribution in [2.24, 2.45) is 0 Å². The van der Waals surface area contributed by atoms with Gasteiger partial charge in [0.25, 0.3) is 0 Å². The molecule has 0 aromatic carbocycles. The van der Waals surface area contributed by atoms with Crippen molar-refractivity contribution in [1.29, 1.82) is 0 Å². The molecule has 0 aliphatic carbocycles. The summed E-state index contributed by atoms with van der Waals surface area (Å²) in [6, 6.07) is 1.54. The molecule has 0 saturated carbocycles. The van der Waals surface area contributed by atoms with Crippen molar-refractivity contribution in [2.45, 2.75) is 0 Å². The van der Waals surface area contributed by atoms with Crippen molar-refractivity contribution in [1.82, 2.24) is 4.90 Å². The topological polar surface area (TPSA) is 78.2 Å². The van der Waals surface area contributed by atoms with Crippen molar-refractivity contribution in [3.8, 4) is 5.75 Å². The van der Waals surface area contributed by atoms with E-state index in [1.165, 1.54) is 0 Å². The number of carbonyl (C=O) groups is 2. The predicted molar refractivity (Wildman–Crippen MR) is 69.9 cm³/mol. The number of rotatable bonds is 4. The summed E-state index contributed by atoms with van der Waals surface area (Å²) < 4.78 is 20.8. The first-order valence-corrected chi connectivity index (χ1v) is 6.82. The number of morpholine rings is 1. The van der Waals surface area contributed by atoms with Crippen LogP contribution in [0.4, 0.5) is 0 Å². The van der Waals surface area contributed by atoms with E-state index in [1.54, 1.807) is 6.07 Å². The van der Waals surface area contributed by atoms with Crippen molar-refractivity contribution in [3.05, 3.63) is 17.2 Å². The van der Waals surface area contributed by atoms with Gasteiger partial charge >= 0.3 is 11.9 Å². The molecule has 7 heteroatoms. The van der Waals surface area contributed by atoms with Crippen molar-refractivity contribution >= 4 is 23.1 Å².